The van der Waals surface area contributed by atoms with Crippen LogP contribution in [-0.2, 0) is 20.6 Å². The van der Waals surface area contributed by atoms with Gasteiger partial charge in [0.1, 0.15) is 5.82 Å². The van der Waals surface area contributed by atoms with Crippen LogP contribution in [0.1, 0.15) is 12.0 Å². The number of imidazole rings is 1. The highest BCUT2D eigenvalue weighted by Crippen LogP contribution is 2.25. The van der Waals surface area contributed by atoms with Gasteiger partial charge in [0.15, 0.2) is 11.2 Å². The molecule has 3 heterocycles. The molecule has 0 radical (unpaired) electrons. The summed E-state index contributed by atoms with van der Waals surface area (Å²) in [6.45, 7) is 0.595. The Morgan fingerprint density at radius 1 is 1.14 bits per heavy atom. The second-order valence-corrected chi connectivity index (χ2v) is 6.63. The van der Waals surface area contributed by atoms with Crippen molar-refractivity contribution in [2.45, 2.75) is 13.0 Å². The molecule has 1 aliphatic rings. The summed E-state index contributed by atoms with van der Waals surface area (Å²) in [5.74, 6) is 0.0718. The highest BCUT2D eigenvalue weighted by atomic mass is 19.1. The first-order valence-electron chi connectivity index (χ1n) is 8.80. The van der Waals surface area contributed by atoms with Crippen LogP contribution < -0.4 is 16.3 Å². The second-order valence-electron chi connectivity index (χ2n) is 6.63. The molecule has 1 aliphatic heterocycles. The Labute approximate surface area is 158 Å². The zero-order valence-electron chi connectivity index (χ0n) is 15.5. The molecule has 0 spiro atoms. The summed E-state index contributed by atoms with van der Waals surface area (Å²) in [6, 6.07) is 5.94. The maximum atomic E-state index is 13.3. The van der Waals surface area contributed by atoms with Gasteiger partial charge in [-0.2, -0.15) is 10.1 Å². The van der Waals surface area contributed by atoms with Gasteiger partial charge >= 0.3 is 5.69 Å². The number of hydrazone groups is 1. The molecule has 3 aromatic rings. The predicted molar refractivity (Wildman–Crippen MR) is 102 cm³/mol. The third-order valence-corrected chi connectivity index (χ3v) is 4.81. The van der Waals surface area contributed by atoms with Gasteiger partial charge in [-0.3, -0.25) is 18.5 Å². The number of anilines is 1. The monoisotopic (exact) mass is 386 g/mol. The first-order chi connectivity index (χ1) is 13.4. The standard InChI is InChI=1S/C18H19FN6O3/c1-22-15-14(16(27)23(2)18(22)28)24-10-13(11-4-6-12(19)7-5-11)21-25(8-3-9-26)17(24)20-15/h4-7,26H,3,8-10H2,1-2H3. The van der Waals surface area contributed by atoms with Gasteiger partial charge < -0.3 is 5.11 Å². The van der Waals surface area contributed by atoms with Crippen molar-refractivity contribution >= 4 is 22.8 Å². The van der Waals surface area contributed by atoms with Gasteiger partial charge in [0.05, 0.1) is 12.3 Å². The molecule has 1 aromatic carbocycles. The number of fused-ring (bicyclic) bond motifs is 3. The molecule has 0 atom stereocenters. The van der Waals surface area contributed by atoms with E-state index in [1.807, 2.05) is 0 Å². The molecule has 146 valence electrons. The van der Waals surface area contributed by atoms with Crippen LogP contribution in [0, 0.1) is 5.82 Å². The fourth-order valence-corrected chi connectivity index (χ4v) is 3.32. The molecule has 2 aromatic heterocycles. The number of hydrogen-bond acceptors (Lipinski definition) is 6. The van der Waals surface area contributed by atoms with Crippen LogP contribution in [0.15, 0.2) is 39.0 Å². The predicted octanol–water partition coefficient (Wildman–Crippen LogP) is 0.179. The lowest BCUT2D eigenvalue weighted by Crippen LogP contribution is -2.38. The van der Waals surface area contributed by atoms with Crippen molar-refractivity contribution in [3.8, 4) is 0 Å². The maximum absolute atomic E-state index is 13.3. The van der Waals surface area contributed by atoms with Crippen molar-refractivity contribution in [3.05, 3.63) is 56.5 Å². The molecule has 0 aliphatic carbocycles. The van der Waals surface area contributed by atoms with E-state index in [1.165, 1.54) is 23.7 Å². The van der Waals surface area contributed by atoms with Crippen LogP contribution in [0.2, 0.25) is 0 Å². The number of aromatic nitrogens is 4. The van der Waals surface area contributed by atoms with Gasteiger partial charge in [-0.05, 0) is 24.1 Å². The summed E-state index contributed by atoms with van der Waals surface area (Å²) in [5, 5.41) is 15.4. The van der Waals surface area contributed by atoms with E-state index in [2.05, 4.69) is 10.1 Å². The van der Waals surface area contributed by atoms with Crippen molar-refractivity contribution in [1.82, 2.24) is 18.7 Å². The molecule has 0 unspecified atom stereocenters. The third kappa shape index (κ3) is 2.73. The highest BCUT2D eigenvalue weighted by Gasteiger charge is 2.27. The minimum absolute atomic E-state index is 0.0294. The second kappa shape index (κ2) is 6.71. The van der Waals surface area contributed by atoms with Gasteiger partial charge in [-0.1, -0.05) is 12.1 Å². The average Bonchev–Trinajstić information content (AvgIpc) is 3.09. The van der Waals surface area contributed by atoms with E-state index in [9.17, 15) is 19.1 Å². The van der Waals surface area contributed by atoms with Crippen molar-refractivity contribution in [2.24, 2.45) is 19.2 Å². The average molecular weight is 386 g/mol. The van der Waals surface area contributed by atoms with E-state index >= 15 is 0 Å². The molecule has 0 fully saturated rings. The molecule has 4 rings (SSSR count). The number of nitrogens with zero attached hydrogens (tertiary/aromatic N) is 6. The third-order valence-electron chi connectivity index (χ3n) is 4.81. The first-order valence-corrected chi connectivity index (χ1v) is 8.80. The molecular formula is C18H19FN6O3. The summed E-state index contributed by atoms with van der Waals surface area (Å²) >= 11 is 0. The maximum Gasteiger partial charge on any atom is 0.332 e. The SMILES string of the molecule is Cn1c(=O)c2c(nc3n2CC(c2ccc(F)cc2)=NN3CCCO)n(C)c1=O. The molecule has 1 N–H and O–H groups in total. The largest absolute Gasteiger partial charge is 0.396 e. The molecule has 0 amide bonds. The zero-order chi connectivity index (χ0) is 20.0. The number of aliphatic hydroxyl groups is 1. The lowest BCUT2D eigenvalue weighted by molar-refractivity contribution is 0.289. The van der Waals surface area contributed by atoms with Gasteiger partial charge in [0.25, 0.3) is 5.56 Å². The summed E-state index contributed by atoms with van der Waals surface area (Å²) < 4.78 is 17.4. The van der Waals surface area contributed by atoms with Crippen LogP contribution in [0.25, 0.3) is 11.2 Å². The smallest absolute Gasteiger partial charge is 0.332 e. The molecular weight excluding hydrogens is 367 g/mol. The van der Waals surface area contributed by atoms with E-state index in [0.29, 0.717) is 35.7 Å². The van der Waals surface area contributed by atoms with Crippen LogP contribution in [0.3, 0.4) is 0 Å². The van der Waals surface area contributed by atoms with Crippen LogP contribution in [-0.4, -0.2) is 42.7 Å². The Hall–Kier alpha value is -3.27. The number of aryl methyl sites for hydroxylation is 1. The number of benzene rings is 1. The van der Waals surface area contributed by atoms with Crippen molar-refractivity contribution < 1.29 is 9.50 Å². The molecule has 0 saturated carbocycles. The Morgan fingerprint density at radius 3 is 2.54 bits per heavy atom. The van der Waals surface area contributed by atoms with E-state index in [0.717, 1.165) is 4.57 Å². The van der Waals surface area contributed by atoms with E-state index in [-0.39, 0.29) is 24.6 Å². The number of halogens is 1. The highest BCUT2D eigenvalue weighted by molar-refractivity contribution is 6.02. The topological polar surface area (TPSA) is 97.7 Å². The zero-order valence-corrected chi connectivity index (χ0v) is 15.5. The quantitative estimate of drug-likeness (QED) is 0.690. The van der Waals surface area contributed by atoms with Crippen molar-refractivity contribution in [2.75, 3.05) is 18.2 Å². The Morgan fingerprint density at radius 2 is 1.86 bits per heavy atom. The lowest BCUT2D eigenvalue weighted by atomic mass is 10.1. The van der Waals surface area contributed by atoms with Crippen LogP contribution in [0.4, 0.5) is 10.3 Å². The molecule has 0 bridgehead atoms. The van der Waals surface area contributed by atoms with E-state index in [1.54, 1.807) is 28.8 Å². The van der Waals surface area contributed by atoms with Gasteiger partial charge in [0, 0.05) is 27.2 Å². The van der Waals surface area contributed by atoms with E-state index in [4.69, 9.17) is 0 Å². The van der Waals surface area contributed by atoms with Gasteiger partial charge in [-0.15, -0.1) is 0 Å². The van der Waals surface area contributed by atoms with Crippen LogP contribution in [0.5, 0.6) is 0 Å². The molecule has 10 heteroatoms. The normalized spacial score (nSPS) is 13.7. The Kier molecular flexibility index (Phi) is 4.34. The summed E-state index contributed by atoms with van der Waals surface area (Å²) in [7, 11) is 2.98. The lowest BCUT2D eigenvalue weighted by Gasteiger charge is -2.26. The minimum atomic E-state index is -0.463. The number of aliphatic hydroxyl groups excluding tert-OH is 1. The summed E-state index contributed by atoms with van der Waals surface area (Å²) in [6.07, 6.45) is 0.445. The first kappa shape index (κ1) is 18.1. The fourth-order valence-electron chi connectivity index (χ4n) is 3.32. The minimum Gasteiger partial charge on any atom is -0.396 e. The van der Waals surface area contributed by atoms with Crippen molar-refractivity contribution in [1.29, 1.82) is 0 Å². The Balaban J connectivity index is 1.94. The molecule has 0 saturated heterocycles. The van der Waals surface area contributed by atoms with Crippen molar-refractivity contribution in [3.63, 3.8) is 0 Å². The Bertz CT molecular complexity index is 1210. The van der Waals surface area contributed by atoms with E-state index < -0.39 is 11.2 Å². The van der Waals surface area contributed by atoms with Gasteiger partial charge in [0.2, 0.25) is 5.95 Å². The number of hydrogen-bond donors (Lipinski definition) is 1. The van der Waals surface area contributed by atoms with Gasteiger partial charge in [-0.25, -0.2) is 14.2 Å². The number of rotatable bonds is 4. The summed E-state index contributed by atoms with van der Waals surface area (Å²) in [5.41, 5.74) is 0.995. The summed E-state index contributed by atoms with van der Waals surface area (Å²) in [4.78, 5) is 29.5. The van der Waals surface area contributed by atoms with Crippen LogP contribution >= 0.6 is 0 Å². The molecule has 9 nitrogen and oxygen atoms in total. The fraction of sp³-hybridized carbons (Fsp3) is 0.333. The molecule has 28 heavy (non-hydrogen) atoms.